The van der Waals surface area contributed by atoms with Gasteiger partial charge in [-0.15, -0.1) is 22.0 Å². The number of thioether (sulfide) groups is 1. The molecule has 2 aliphatic rings. The molecule has 3 heterocycles. The highest BCUT2D eigenvalue weighted by atomic mass is 32.2. The molecule has 0 atom stereocenters. The molecule has 1 aliphatic carbocycles. The summed E-state index contributed by atoms with van der Waals surface area (Å²) in [7, 11) is 0. The van der Waals surface area contributed by atoms with Crippen LogP contribution in [0.15, 0.2) is 41.4 Å². The van der Waals surface area contributed by atoms with Crippen LogP contribution in [0.1, 0.15) is 32.1 Å². The van der Waals surface area contributed by atoms with E-state index in [-0.39, 0.29) is 0 Å². The Bertz CT molecular complexity index is 942. The van der Waals surface area contributed by atoms with Crippen molar-refractivity contribution in [1.29, 1.82) is 0 Å². The first-order valence-electron chi connectivity index (χ1n) is 9.75. The maximum absolute atomic E-state index is 6.07. The fraction of sp³-hybridized carbons (Fsp3) is 0.400. The van der Waals surface area contributed by atoms with Gasteiger partial charge in [0.2, 0.25) is 5.82 Å². The minimum Gasteiger partial charge on any atom is -0.457 e. The molecule has 2 aromatic heterocycles. The lowest BCUT2D eigenvalue weighted by Gasteiger charge is -2.28. The van der Waals surface area contributed by atoms with Crippen molar-refractivity contribution in [2.75, 3.05) is 17.3 Å². The lowest BCUT2D eigenvalue weighted by molar-refractivity contribution is 0.361. The molecule has 1 aromatic carbocycles. The van der Waals surface area contributed by atoms with Gasteiger partial charge in [0.05, 0.1) is 11.6 Å². The molecule has 7 nitrogen and oxygen atoms in total. The predicted octanol–water partition coefficient (Wildman–Crippen LogP) is 4.50. The summed E-state index contributed by atoms with van der Waals surface area (Å²) in [5.74, 6) is 3.87. The Morgan fingerprint density at radius 3 is 2.86 bits per heavy atom. The Morgan fingerprint density at radius 1 is 1.11 bits per heavy atom. The number of ether oxygens (including phenoxy) is 1. The maximum atomic E-state index is 6.07. The van der Waals surface area contributed by atoms with Crippen LogP contribution in [-0.2, 0) is 0 Å². The molecule has 0 saturated heterocycles. The van der Waals surface area contributed by atoms with Crippen molar-refractivity contribution in [1.82, 2.24) is 25.6 Å². The lowest BCUT2D eigenvalue weighted by Crippen LogP contribution is -2.28. The second-order valence-corrected chi connectivity index (χ2v) is 8.33. The van der Waals surface area contributed by atoms with E-state index in [0.29, 0.717) is 17.3 Å². The van der Waals surface area contributed by atoms with Gasteiger partial charge in [-0.3, -0.25) is 4.98 Å². The molecule has 3 aromatic rings. The molecule has 1 aliphatic heterocycles. The number of H-pyrrole nitrogens is 1. The van der Waals surface area contributed by atoms with Gasteiger partial charge in [-0.1, -0.05) is 19.3 Å². The molecule has 1 fully saturated rings. The maximum Gasteiger partial charge on any atom is 0.223 e. The van der Waals surface area contributed by atoms with Crippen molar-refractivity contribution in [3.63, 3.8) is 0 Å². The van der Waals surface area contributed by atoms with Gasteiger partial charge >= 0.3 is 0 Å². The highest BCUT2D eigenvalue weighted by Gasteiger charge is 2.24. The van der Waals surface area contributed by atoms with E-state index >= 15 is 0 Å². The fourth-order valence-corrected chi connectivity index (χ4v) is 5.07. The van der Waals surface area contributed by atoms with E-state index in [9.17, 15) is 0 Å². The van der Waals surface area contributed by atoms with Crippen molar-refractivity contribution in [2.24, 2.45) is 5.92 Å². The van der Waals surface area contributed by atoms with E-state index in [1.54, 1.807) is 6.20 Å². The van der Waals surface area contributed by atoms with Gasteiger partial charge in [0.25, 0.3) is 0 Å². The van der Waals surface area contributed by atoms with E-state index in [0.717, 1.165) is 17.5 Å². The van der Waals surface area contributed by atoms with Gasteiger partial charge in [0.15, 0.2) is 0 Å². The summed E-state index contributed by atoms with van der Waals surface area (Å²) in [6, 6.07) is 10.0. The first-order chi connectivity index (χ1) is 13.8. The van der Waals surface area contributed by atoms with Crippen LogP contribution >= 0.6 is 11.8 Å². The molecule has 8 heteroatoms. The van der Waals surface area contributed by atoms with Crippen molar-refractivity contribution in [3.05, 3.63) is 36.5 Å². The van der Waals surface area contributed by atoms with Gasteiger partial charge in [-0.25, -0.2) is 0 Å². The van der Waals surface area contributed by atoms with Crippen molar-refractivity contribution < 1.29 is 4.74 Å². The number of benzene rings is 1. The summed E-state index contributed by atoms with van der Waals surface area (Å²) in [5, 5.41) is 13.9. The molecule has 1 saturated carbocycles. The fourth-order valence-electron chi connectivity index (χ4n) is 3.99. The molecule has 0 spiro atoms. The zero-order valence-electron chi connectivity index (χ0n) is 15.5. The van der Waals surface area contributed by atoms with E-state index in [1.165, 1.54) is 49.2 Å². The van der Waals surface area contributed by atoms with Gasteiger partial charge in [-0.05, 0) is 48.2 Å². The van der Waals surface area contributed by atoms with Crippen LogP contribution in [0.25, 0.3) is 11.5 Å². The van der Waals surface area contributed by atoms with Crippen LogP contribution in [0.5, 0.6) is 11.5 Å². The summed E-state index contributed by atoms with van der Waals surface area (Å²) in [6.45, 7) is 1.18. The molecule has 0 unspecified atom stereocenters. The molecule has 5 rings (SSSR count). The Hall–Kier alpha value is -2.61. The topological polar surface area (TPSA) is 79.8 Å². The van der Waals surface area contributed by atoms with E-state index in [1.807, 2.05) is 30.0 Å². The van der Waals surface area contributed by atoms with E-state index in [4.69, 9.17) is 4.74 Å². The first-order valence-corrected chi connectivity index (χ1v) is 10.7. The summed E-state index contributed by atoms with van der Waals surface area (Å²) in [5.41, 5.74) is 1.96. The van der Waals surface area contributed by atoms with Crippen LogP contribution in [-0.4, -0.2) is 38.0 Å². The largest absolute Gasteiger partial charge is 0.457 e. The van der Waals surface area contributed by atoms with Crippen LogP contribution in [0.3, 0.4) is 0 Å². The average Bonchev–Trinajstić information content (AvgIpc) is 3.40. The number of fused-ring (bicyclic) bond motifs is 1. The third-order valence-electron chi connectivity index (χ3n) is 5.39. The molecular weight excluding hydrogens is 372 g/mol. The summed E-state index contributed by atoms with van der Waals surface area (Å²) < 4.78 is 6.07. The van der Waals surface area contributed by atoms with Crippen LogP contribution in [0.2, 0.25) is 0 Å². The number of rotatable bonds is 5. The number of nitrogens with zero attached hydrogens (tertiary/aromatic N) is 5. The van der Waals surface area contributed by atoms with Crippen LogP contribution in [0, 0.1) is 5.92 Å². The van der Waals surface area contributed by atoms with Gasteiger partial charge in [-0.2, -0.15) is 5.21 Å². The number of aromatic nitrogens is 5. The van der Waals surface area contributed by atoms with Gasteiger partial charge in [0, 0.05) is 23.7 Å². The molecule has 144 valence electrons. The molecule has 0 bridgehead atoms. The highest BCUT2D eigenvalue weighted by molar-refractivity contribution is 7.99. The number of aromatic amines is 1. The smallest absolute Gasteiger partial charge is 0.223 e. The molecular formula is C20H22N6OS. The number of anilines is 1. The van der Waals surface area contributed by atoms with Gasteiger partial charge in [0.1, 0.15) is 17.2 Å². The predicted molar refractivity (Wildman–Crippen MR) is 109 cm³/mol. The number of hydrogen-bond acceptors (Lipinski definition) is 7. The number of tetrazole rings is 1. The van der Waals surface area contributed by atoms with E-state index < -0.39 is 0 Å². The summed E-state index contributed by atoms with van der Waals surface area (Å²) in [6.07, 6.45) is 8.64. The Labute approximate surface area is 167 Å². The average molecular weight is 395 g/mol. The molecule has 1 N–H and O–H groups in total. The third kappa shape index (κ3) is 3.69. The second kappa shape index (κ2) is 7.79. The summed E-state index contributed by atoms with van der Waals surface area (Å²) in [4.78, 5) is 8.09. The van der Waals surface area contributed by atoms with Gasteiger partial charge < -0.3 is 9.64 Å². The summed E-state index contributed by atoms with van der Waals surface area (Å²) >= 11 is 1.89. The minimum absolute atomic E-state index is 0.452. The molecule has 0 radical (unpaired) electrons. The second-order valence-electron chi connectivity index (χ2n) is 7.34. The third-order valence-corrected chi connectivity index (χ3v) is 6.47. The highest BCUT2D eigenvalue weighted by Crippen LogP contribution is 2.42. The first kappa shape index (κ1) is 17.5. The normalized spacial score (nSPS) is 16.9. The van der Waals surface area contributed by atoms with Crippen molar-refractivity contribution >= 4 is 17.4 Å². The monoisotopic (exact) mass is 394 g/mol. The number of pyridine rings is 1. The molecule has 28 heavy (non-hydrogen) atoms. The standard InChI is InChI=1S/C20H22N6OS/c1-2-4-14(5-3-1)12-26-13-28-19-11-15(6-7-18(19)26)27-16-8-9-21-17(10-16)20-22-24-25-23-20/h6-11,14H,1-5,12-13H2,(H,22,23,24,25). The Morgan fingerprint density at radius 2 is 2.00 bits per heavy atom. The number of nitrogens with one attached hydrogen (secondary N) is 1. The SMILES string of the molecule is c1cc(Oc2ccc3c(c2)SCN3CC2CCCCC2)cc(-c2nn[nH]n2)n1. The molecule has 0 amide bonds. The Balaban J connectivity index is 1.30. The zero-order valence-corrected chi connectivity index (χ0v) is 16.4. The number of hydrogen-bond donors (Lipinski definition) is 1. The van der Waals surface area contributed by atoms with Crippen LogP contribution < -0.4 is 9.64 Å². The lowest BCUT2D eigenvalue weighted by atomic mass is 9.89. The van der Waals surface area contributed by atoms with Crippen molar-refractivity contribution in [2.45, 2.75) is 37.0 Å². The zero-order chi connectivity index (χ0) is 18.8. The van der Waals surface area contributed by atoms with Crippen molar-refractivity contribution in [3.8, 4) is 23.0 Å². The van der Waals surface area contributed by atoms with Crippen LogP contribution in [0.4, 0.5) is 5.69 Å². The minimum atomic E-state index is 0.452. The van der Waals surface area contributed by atoms with E-state index in [2.05, 4.69) is 42.6 Å². The quantitative estimate of drug-likeness (QED) is 0.682. The Kier molecular flexibility index (Phi) is 4.86.